The van der Waals surface area contributed by atoms with Gasteiger partial charge in [0.2, 0.25) is 5.06 Å². The van der Waals surface area contributed by atoms with Crippen molar-refractivity contribution in [2.75, 3.05) is 5.32 Å². The first-order chi connectivity index (χ1) is 17.1. The van der Waals surface area contributed by atoms with Crippen LogP contribution in [-0.4, -0.2) is 32.4 Å². The van der Waals surface area contributed by atoms with E-state index in [1.807, 2.05) is 0 Å². The fraction of sp³-hybridized carbons (Fsp3) is 0.120. The zero-order chi connectivity index (χ0) is 25.9. The Morgan fingerprint density at radius 3 is 2.22 bits per heavy atom. The largest absolute Gasteiger partial charge is 0.506 e. The number of aromatic nitrogens is 2. The number of nitrogens with one attached hydrogen (secondary N) is 2. The fourth-order valence-corrected chi connectivity index (χ4v) is 3.86. The van der Waals surface area contributed by atoms with Crippen LogP contribution in [0.15, 0.2) is 66.9 Å². The van der Waals surface area contributed by atoms with Crippen molar-refractivity contribution in [2.24, 2.45) is 0 Å². The molecule has 2 amide bonds. The van der Waals surface area contributed by atoms with E-state index in [1.54, 1.807) is 0 Å². The molecule has 0 saturated heterocycles. The molecule has 0 radical (unpaired) electrons. The van der Waals surface area contributed by atoms with E-state index in [9.17, 15) is 23.5 Å². The Morgan fingerprint density at radius 2 is 1.61 bits per heavy atom. The first-order valence-corrected chi connectivity index (χ1v) is 11.4. The average Bonchev–Trinajstić information content (AvgIpc) is 3.23. The summed E-state index contributed by atoms with van der Waals surface area (Å²) in [6.45, 7) is 3.01. The van der Waals surface area contributed by atoms with Crippen LogP contribution in [0.2, 0.25) is 0 Å². The van der Waals surface area contributed by atoms with Gasteiger partial charge in [-0.3, -0.25) is 14.9 Å². The second-order valence-electron chi connectivity index (χ2n) is 8.15. The number of benzene rings is 2. The van der Waals surface area contributed by atoms with Gasteiger partial charge in [0, 0.05) is 5.56 Å². The minimum Gasteiger partial charge on any atom is -0.506 e. The summed E-state index contributed by atoms with van der Waals surface area (Å²) in [5, 5.41) is 15.1. The molecule has 4 aromatic rings. The number of ether oxygens (including phenoxy) is 1. The molecule has 0 spiro atoms. The minimum absolute atomic E-state index is 0.0245. The van der Waals surface area contributed by atoms with Crippen LogP contribution in [0.5, 0.6) is 16.6 Å². The smallest absolute Gasteiger partial charge is 0.270 e. The maximum Gasteiger partial charge on any atom is 0.270 e. The lowest BCUT2D eigenvalue weighted by Gasteiger charge is -2.24. The molecule has 11 heteroatoms. The van der Waals surface area contributed by atoms with Gasteiger partial charge < -0.3 is 15.2 Å². The molecule has 0 aliphatic heterocycles. The second kappa shape index (κ2) is 10.1. The van der Waals surface area contributed by atoms with Crippen molar-refractivity contribution in [1.82, 2.24) is 15.3 Å². The van der Waals surface area contributed by atoms with Gasteiger partial charge in [-0.25, -0.2) is 18.7 Å². The van der Waals surface area contributed by atoms with E-state index in [0.29, 0.717) is 22.1 Å². The number of amides is 2. The van der Waals surface area contributed by atoms with E-state index >= 15 is 0 Å². The fourth-order valence-electron chi connectivity index (χ4n) is 3.01. The molecule has 2 aromatic carbocycles. The Labute approximate surface area is 208 Å². The lowest BCUT2D eigenvalue weighted by molar-refractivity contribution is -0.120. The summed E-state index contributed by atoms with van der Waals surface area (Å²) in [7, 11) is 0. The highest BCUT2D eigenvalue weighted by atomic mass is 32.1. The van der Waals surface area contributed by atoms with Crippen LogP contribution >= 0.6 is 11.3 Å². The number of nitrogens with zero attached hydrogens (tertiary/aromatic N) is 2. The number of rotatable bonds is 7. The van der Waals surface area contributed by atoms with Crippen molar-refractivity contribution in [3.63, 3.8) is 0 Å². The highest BCUT2D eigenvalue weighted by Crippen LogP contribution is 2.40. The summed E-state index contributed by atoms with van der Waals surface area (Å²) in [5.41, 5.74) is -0.460. The number of pyridine rings is 1. The molecular weight excluding hydrogens is 490 g/mol. The third-order valence-electron chi connectivity index (χ3n) is 4.93. The zero-order valence-electron chi connectivity index (χ0n) is 19.1. The lowest BCUT2D eigenvalue weighted by Crippen LogP contribution is -2.52. The van der Waals surface area contributed by atoms with E-state index in [2.05, 4.69) is 20.6 Å². The zero-order valence-corrected chi connectivity index (χ0v) is 19.9. The van der Waals surface area contributed by atoms with Gasteiger partial charge in [0.15, 0.2) is 5.13 Å². The molecular formula is C25H20F2N4O4S. The van der Waals surface area contributed by atoms with Crippen LogP contribution < -0.4 is 15.4 Å². The Morgan fingerprint density at radius 1 is 0.972 bits per heavy atom. The molecule has 0 atom stereocenters. The molecule has 4 rings (SSSR count). The molecule has 3 N–H and O–H groups in total. The highest BCUT2D eigenvalue weighted by Gasteiger charge is 2.31. The molecule has 2 heterocycles. The van der Waals surface area contributed by atoms with Gasteiger partial charge in [-0.05, 0) is 74.5 Å². The maximum absolute atomic E-state index is 13.4. The van der Waals surface area contributed by atoms with Crippen LogP contribution in [0.1, 0.15) is 24.3 Å². The quantitative estimate of drug-likeness (QED) is 0.318. The third-order valence-corrected chi connectivity index (χ3v) is 5.78. The topological polar surface area (TPSA) is 113 Å². The van der Waals surface area contributed by atoms with E-state index in [1.165, 1.54) is 74.5 Å². The van der Waals surface area contributed by atoms with Crippen LogP contribution in [-0.2, 0) is 4.79 Å². The minimum atomic E-state index is -1.36. The molecule has 36 heavy (non-hydrogen) atoms. The second-order valence-corrected chi connectivity index (χ2v) is 9.11. The van der Waals surface area contributed by atoms with Crippen LogP contribution in [0.25, 0.3) is 11.3 Å². The predicted octanol–water partition coefficient (Wildman–Crippen LogP) is 5.13. The molecule has 2 aromatic heterocycles. The molecule has 0 saturated carbocycles. The summed E-state index contributed by atoms with van der Waals surface area (Å²) in [4.78, 5) is 33.8. The first kappa shape index (κ1) is 24.7. The molecule has 0 unspecified atom stereocenters. The van der Waals surface area contributed by atoms with Crippen LogP contribution in [0, 0.1) is 11.6 Å². The first-order valence-electron chi connectivity index (χ1n) is 10.6. The van der Waals surface area contributed by atoms with Gasteiger partial charge in [0.05, 0.1) is 6.20 Å². The number of hydrogen-bond donors (Lipinski definition) is 3. The molecule has 184 valence electrons. The van der Waals surface area contributed by atoms with E-state index in [4.69, 9.17) is 4.74 Å². The van der Waals surface area contributed by atoms with Crippen molar-refractivity contribution < 1.29 is 28.2 Å². The van der Waals surface area contributed by atoms with Crippen LogP contribution in [0.3, 0.4) is 0 Å². The predicted molar refractivity (Wildman–Crippen MR) is 130 cm³/mol. The molecule has 0 fully saturated rings. The number of thiazole rings is 1. The standard InChI is InChI=1S/C25H20F2N4O4S/c1-25(2,31-21(33)19-12-9-17(32)13-28-19)23(34)30-24-29-20(14-3-5-15(26)6-4-14)22(36-24)35-18-10-7-16(27)8-11-18/h3-13,32H,1-2H3,(H,31,33)(H,29,30,34). The van der Waals surface area contributed by atoms with Crippen molar-refractivity contribution in [1.29, 1.82) is 0 Å². The lowest BCUT2D eigenvalue weighted by atomic mass is 10.0. The normalized spacial score (nSPS) is 11.1. The van der Waals surface area contributed by atoms with Gasteiger partial charge in [-0.1, -0.05) is 11.3 Å². The van der Waals surface area contributed by atoms with Gasteiger partial charge in [-0.15, -0.1) is 0 Å². The Hall–Kier alpha value is -4.38. The van der Waals surface area contributed by atoms with Gasteiger partial charge in [0.1, 0.15) is 40.1 Å². The number of anilines is 1. The average molecular weight is 511 g/mol. The number of carbonyl (C=O) groups is 2. The number of hydrogen-bond acceptors (Lipinski definition) is 7. The van der Waals surface area contributed by atoms with Gasteiger partial charge >= 0.3 is 0 Å². The summed E-state index contributed by atoms with van der Waals surface area (Å²) < 4.78 is 32.6. The SMILES string of the molecule is CC(C)(NC(=O)c1ccc(O)cn1)C(=O)Nc1nc(-c2ccc(F)cc2)c(Oc2ccc(F)cc2)s1. The Balaban J connectivity index is 1.56. The number of halogens is 2. The Bertz CT molecular complexity index is 1390. The number of carbonyl (C=O) groups excluding carboxylic acids is 2. The van der Waals surface area contributed by atoms with Crippen LogP contribution in [0.4, 0.5) is 13.9 Å². The van der Waals surface area contributed by atoms with Gasteiger partial charge in [-0.2, -0.15) is 0 Å². The molecule has 8 nitrogen and oxygen atoms in total. The Kier molecular flexibility index (Phi) is 6.93. The highest BCUT2D eigenvalue weighted by molar-refractivity contribution is 7.18. The third kappa shape index (κ3) is 5.81. The van der Waals surface area contributed by atoms with E-state index in [0.717, 1.165) is 17.5 Å². The van der Waals surface area contributed by atoms with Crippen molar-refractivity contribution in [3.8, 4) is 27.8 Å². The van der Waals surface area contributed by atoms with Crippen molar-refractivity contribution in [2.45, 2.75) is 19.4 Å². The summed E-state index contributed by atoms with van der Waals surface area (Å²) in [6.07, 6.45) is 1.12. The summed E-state index contributed by atoms with van der Waals surface area (Å²) in [6, 6.07) is 13.6. The van der Waals surface area contributed by atoms with E-state index in [-0.39, 0.29) is 16.6 Å². The van der Waals surface area contributed by atoms with Gasteiger partial charge in [0.25, 0.3) is 11.8 Å². The van der Waals surface area contributed by atoms with E-state index < -0.39 is 29.0 Å². The van der Waals surface area contributed by atoms with Crippen molar-refractivity contribution in [3.05, 3.63) is 84.2 Å². The maximum atomic E-state index is 13.4. The molecule has 0 bridgehead atoms. The molecule has 0 aliphatic carbocycles. The monoisotopic (exact) mass is 510 g/mol. The summed E-state index contributed by atoms with van der Waals surface area (Å²) in [5.74, 6) is -1.78. The number of aromatic hydroxyl groups is 1. The summed E-state index contributed by atoms with van der Waals surface area (Å²) >= 11 is 1.01. The van der Waals surface area contributed by atoms with Crippen molar-refractivity contribution >= 4 is 28.3 Å². The molecule has 0 aliphatic rings.